The van der Waals surface area contributed by atoms with Crippen molar-refractivity contribution in [2.75, 3.05) is 0 Å². The third kappa shape index (κ3) is 1.65. The van der Waals surface area contributed by atoms with E-state index in [9.17, 15) is 0 Å². The van der Waals surface area contributed by atoms with E-state index in [1.165, 1.54) is 12.4 Å². The minimum absolute atomic E-state index is 0.333. The first-order valence-corrected chi connectivity index (χ1v) is 3.91. The van der Waals surface area contributed by atoms with Gasteiger partial charge in [0.05, 0.1) is 12.4 Å². The quantitative estimate of drug-likeness (QED) is 0.691. The molecule has 2 heterocycles. The van der Waals surface area contributed by atoms with Crippen LogP contribution >= 0.6 is 11.6 Å². The van der Waals surface area contributed by atoms with Crippen LogP contribution in [0.4, 0.5) is 0 Å². The highest BCUT2D eigenvalue weighted by Crippen LogP contribution is 2.14. The van der Waals surface area contributed by atoms with E-state index in [1.807, 2.05) is 0 Å². The van der Waals surface area contributed by atoms with Crippen molar-refractivity contribution in [3.63, 3.8) is 0 Å². The Hall–Kier alpha value is -1.49. The predicted octanol–water partition coefficient (Wildman–Crippen LogP) is 1.49. The fraction of sp³-hybridized carbons (Fsp3) is 0.143. The number of aromatic nitrogens is 4. The molecule has 66 valence electrons. The van der Waals surface area contributed by atoms with E-state index in [2.05, 4.69) is 20.2 Å². The Morgan fingerprint density at radius 2 is 2.08 bits per heavy atom. The summed E-state index contributed by atoms with van der Waals surface area (Å²) < 4.78 is 5.14. The molecule has 2 aromatic rings. The zero-order chi connectivity index (χ0) is 9.26. The standard InChI is InChI=1S/C7H5ClN4O/c1-4-11-12-7(13-4)5-2-10-6(8)3-9-5/h2-3H,1H3. The lowest BCUT2D eigenvalue weighted by Gasteiger charge is -1.91. The molecule has 0 amide bonds. The van der Waals surface area contributed by atoms with Gasteiger partial charge in [-0.05, 0) is 0 Å². The molecule has 0 aliphatic rings. The number of rotatable bonds is 1. The lowest BCUT2D eigenvalue weighted by molar-refractivity contribution is 0.530. The van der Waals surface area contributed by atoms with Crippen LogP contribution in [0.25, 0.3) is 11.6 Å². The van der Waals surface area contributed by atoms with Gasteiger partial charge in [-0.1, -0.05) is 11.6 Å². The fourth-order valence-electron chi connectivity index (χ4n) is 0.823. The van der Waals surface area contributed by atoms with Gasteiger partial charge in [0.1, 0.15) is 10.8 Å². The average Bonchev–Trinajstić information content (AvgIpc) is 2.53. The largest absolute Gasteiger partial charge is 0.420 e. The maximum Gasteiger partial charge on any atom is 0.267 e. The molecule has 0 saturated carbocycles. The molecule has 0 atom stereocenters. The van der Waals surface area contributed by atoms with Gasteiger partial charge in [0.2, 0.25) is 5.89 Å². The molecule has 0 spiro atoms. The molecular weight excluding hydrogens is 192 g/mol. The Bertz CT molecular complexity index is 411. The molecule has 6 heteroatoms. The Labute approximate surface area is 78.8 Å². The highest BCUT2D eigenvalue weighted by atomic mass is 35.5. The van der Waals surface area contributed by atoms with Gasteiger partial charge >= 0.3 is 0 Å². The lowest BCUT2D eigenvalue weighted by Crippen LogP contribution is -1.85. The lowest BCUT2D eigenvalue weighted by atomic mass is 10.4. The number of nitrogens with zero attached hydrogens (tertiary/aromatic N) is 4. The molecule has 0 unspecified atom stereocenters. The van der Waals surface area contributed by atoms with Crippen LogP contribution in [0.3, 0.4) is 0 Å². The average molecular weight is 197 g/mol. The first kappa shape index (κ1) is 8.12. The molecule has 0 aliphatic heterocycles. The van der Waals surface area contributed by atoms with Crippen molar-refractivity contribution >= 4 is 11.6 Å². The van der Waals surface area contributed by atoms with E-state index in [0.29, 0.717) is 22.6 Å². The Morgan fingerprint density at radius 3 is 2.62 bits per heavy atom. The molecule has 0 radical (unpaired) electrons. The predicted molar refractivity (Wildman–Crippen MR) is 45.1 cm³/mol. The second-order valence-corrected chi connectivity index (χ2v) is 2.74. The van der Waals surface area contributed by atoms with Crippen LogP contribution in [-0.2, 0) is 0 Å². The van der Waals surface area contributed by atoms with Gasteiger partial charge in [0.15, 0.2) is 0 Å². The normalized spacial score (nSPS) is 10.3. The maximum atomic E-state index is 5.56. The summed E-state index contributed by atoms with van der Waals surface area (Å²) in [6.07, 6.45) is 2.91. The summed E-state index contributed by atoms with van der Waals surface area (Å²) in [4.78, 5) is 7.81. The minimum Gasteiger partial charge on any atom is -0.420 e. The molecule has 2 aromatic heterocycles. The highest BCUT2D eigenvalue weighted by Gasteiger charge is 2.06. The number of hydrogen-bond donors (Lipinski definition) is 0. The topological polar surface area (TPSA) is 64.7 Å². The van der Waals surface area contributed by atoms with Gasteiger partial charge in [-0.2, -0.15) is 0 Å². The summed E-state index contributed by atoms with van der Waals surface area (Å²) in [6, 6.07) is 0. The van der Waals surface area contributed by atoms with E-state index in [0.717, 1.165) is 0 Å². The number of hydrogen-bond acceptors (Lipinski definition) is 5. The molecular formula is C7H5ClN4O. The summed E-state index contributed by atoms with van der Waals surface area (Å²) in [7, 11) is 0. The smallest absolute Gasteiger partial charge is 0.267 e. The van der Waals surface area contributed by atoms with Crippen LogP contribution < -0.4 is 0 Å². The van der Waals surface area contributed by atoms with Crippen molar-refractivity contribution in [1.29, 1.82) is 0 Å². The van der Waals surface area contributed by atoms with Crippen LogP contribution in [0, 0.1) is 6.92 Å². The van der Waals surface area contributed by atoms with Gasteiger partial charge in [-0.3, -0.25) is 0 Å². The Balaban J connectivity index is 2.41. The van der Waals surface area contributed by atoms with Crippen LogP contribution in [0.2, 0.25) is 5.15 Å². The Morgan fingerprint density at radius 1 is 1.23 bits per heavy atom. The van der Waals surface area contributed by atoms with E-state index in [1.54, 1.807) is 6.92 Å². The fourth-order valence-corrected chi connectivity index (χ4v) is 0.920. The third-order valence-electron chi connectivity index (χ3n) is 1.37. The maximum absolute atomic E-state index is 5.56. The second-order valence-electron chi connectivity index (χ2n) is 2.35. The van der Waals surface area contributed by atoms with Crippen LogP contribution in [-0.4, -0.2) is 20.2 Å². The second kappa shape index (κ2) is 3.10. The van der Waals surface area contributed by atoms with Gasteiger partial charge < -0.3 is 4.42 Å². The third-order valence-corrected chi connectivity index (χ3v) is 1.56. The molecule has 0 aliphatic carbocycles. The van der Waals surface area contributed by atoms with E-state index in [-0.39, 0.29) is 0 Å². The van der Waals surface area contributed by atoms with Crippen molar-refractivity contribution in [1.82, 2.24) is 20.2 Å². The van der Waals surface area contributed by atoms with E-state index >= 15 is 0 Å². The van der Waals surface area contributed by atoms with E-state index in [4.69, 9.17) is 16.0 Å². The molecule has 0 fully saturated rings. The van der Waals surface area contributed by atoms with Crippen LogP contribution in [0.5, 0.6) is 0 Å². The molecule has 0 N–H and O–H groups in total. The minimum atomic E-state index is 0.333. The molecule has 5 nitrogen and oxygen atoms in total. The number of halogens is 1. The zero-order valence-corrected chi connectivity index (χ0v) is 7.49. The molecule has 0 bridgehead atoms. The van der Waals surface area contributed by atoms with Crippen molar-refractivity contribution in [3.8, 4) is 11.6 Å². The first-order chi connectivity index (χ1) is 6.25. The molecule has 13 heavy (non-hydrogen) atoms. The van der Waals surface area contributed by atoms with Gasteiger partial charge in [-0.15, -0.1) is 10.2 Å². The van der Waals surface area contributed by atoms with E-state index < -0.39 is 0 Å². The summed E-state index contributed by atoms with van der Waals surface area (Å²) in [6.45, 7) is 1.71. The highest BCUT2D eigenvalue weighted by molar-refractivity contribution is 6.29. The summed E-state index contributed by atoms with van der Waals surface area (Å²) in [5.74, 6) is 0.841. The van der Waals surface area contributed by atoms with Crippen molar-refractivity contribution in [2.24, 2.45) is 0 Å². The summed E-state index contributed by atoms with van der Waals surface area (Å²) in [5.41, 5.74) is 0.519. The van der Waals surface area contributed by atoms with Gasteiger partial charge in [-0.25, -0.2) is 9.97 Å². The molecule has 2 rings (SSSR count). The van der Waals surface area contributed by atoms with Crippen LogP contribution in [0.1, 0.15) is 5.89 Å². The van der Waals surface area contributed by atoms with Crippen molar-refractivity contribution in [2.45, 2.75) is 6.92 Å². The molecule has 0 saturated heterocycles. The van der Waals surface area contributed by atoms with Crippen LogP contribution in [0.15, 0.2) is 16.8 Å². The number of aryl methyl sites for hydroxylation is 1. The summed E-state index contributed by atoms with van der Waals surface area (Å²) >= 11 is 5.56. The van der Waals surface area contributed by atoms with Crippen molar-refractivity contribution < 1.29 is 4.42 Å². The molecule has 0 aromatic carbocycles. The summed E-state index contributed by atoms with van der Waals surface area (Å²) in [5, 5.41) is 7.78. The van der Waals surface area contributed by atoms with Gasteiger partial charge in [0.25, 0.3) is 5.89 Å². The SMILES string of the molecule is Cc1nnc(-c2cnc(Cl)cn2)o1. The van der Waals surface area contributed by atoms with Crippen molar-refractivity contribution in [3.05, 3.63) is 23.4 Å². The van der Waals surface area contributed by atoms with Gasteiger partial charge in [0, 0.05) is 6.92 Å². The monoisotopic (exact) mass is 196 g/mol. The Kier molecular flexibility index (Phi) is 1.94. The first-order valence-electron chi connectivity index (χ1n) is 3.54. The zero-order valence-electron chi connectivity index (χ0n) is 6.73.